The van der Waals surface area contributed by atoms with Crippen LogP contribution in [-0.4, -0.2) is 94.5 Å². The molecule has 1 fully saturated rings. The summed E-state index contributed by atoms with van der Waals surface area (Å²) in [6.45, 7) is 34.2. The van der Waals surface area contributed by atoms with E-state index in [-0.39, 0.29) is 35.0 Å². The van der Waals surface area contributed by atoms with Crippen molar-refractivity contribution in [3.8, 4) is 11.5 Å². The molecular weight excluding hydrogens is 919 g/mol. The van der Waals surface area contributed by atoms with Crippen LogP contribution in [0.4, 0.5) is 0 Å². The van der Waals surface area contributed by atoms with Gasteiger partial charge in [0.15, 0.2) is 20.9 Å². The van der Waals surface area contributed by atoms with E-state index in [0.717, 1.165) is 6.04 Å². The van der Waals surface area contributed by atoms with E-state index in [1.807, 2.05) is 19.9 Å². The third kappa shape index (κ3) is 16.1. The van der Waals surface area contributed by atoms with Crippen LogP contribution < -0.4 is 19.8 Å². The largest absolute Gasteiger partial charge is 0.493 e. The number of carbonyl (C=O) groups excluding carboxylic acids is 1. The fraction of sp³-hybridized carbons (Fsp3) is 0.611. The van der Waals surface area contributed by atoms with Crippen molar-refractivity contribution in [2.75, 3.05) is 33.7 Å². The van der Waals surface area contributed by atoms with Gasteiger partial charge in [0, 0.05) is 38.3 Å². The summed E-state index contributed by atoms with van der Waals surface area (Å²) < 4.78 is 52.0. The molecule has 3 aromatic rings. The van der Waals surface area contributed by atoms with Crippen molar-refractivity contribution in [3.05, 3.63) is 107 Å². The first-order valence-electron chi connectivity index (χ1n) is 24.9. The van der Waals surface area contributed by atoms with Crippen LogP contribution in [0.1, 0.15) is 104 Å². The summed E-state index contributed by atoms with van der Waals surface area (Å²) >= 11 is 0. The van der Waals surface area contributed by atoms with Gasteiger partial charge in [0.05, 0.1) is 25.4 Å². The molecule has 15 heteroatoms. The van der Waals surface area contributed by atoms with Crippen molar-refractivity contribution >= 4 is 41.1 Å². The molecule has 5 atom stereocenters. The molecular formula is C54H85N3O9Si3. The van der Waals surface area contributed by atoms with E-state index in [1.165, 1.54) is 10.4 Å². The lowest BCUT2D eigenvalue weighted by molar-refractivity contribution is -0.152. The number of benzene rings is 3. The molecule has 0 N–H and O–H groups in total. The molecule has 0 amide bonds. The molecule has 0 bridgehead atoms. The summed E-state index contributed by atoms with van der Waals surface area (Å²) in [6.07, 6.45) is 5.33. The normalized spacial score (nSPS) is 18.1. The maximum atomic E-state index is 14.1. The van der Waals surface area contributed by atoms with E-state index in [4.69, 9.17) is 42.8 Å². The highest BCUT2D eigenvalue weighted by Crippen LogP contribution is 2.42. The predicted molar refractivity (Wildman–Crippen MR) is 287 cm³/mol. The summed E-state index contributed by atoms with van der Waals surface area (Å²) in [6, 6.07) is 25.9. The molecule has 4 rings (SSSR count). The quantitative estimate of drug-likeness (QED) is 0.0112. The van der Waals surface area contributed by atoms with Crippen LogP contribution in [0, 0.1) is 5.92 Å². The molecule has 0 aromatic heterocycles. The minimum absolute atomic E-state index is 0.0209. The number of azide groups is 1. The smallest absolute Gasteiger partial charge is 0.342 e. The van der Waals surface area contributed by atoms with Gasteiger partial charge in [0.1, 0.15) is 23.2 Å². The Hall–Kier alpha value is -3.77. The molecule has 382 valence electrons. The number of nitrogens with zero attached hydrogens (tertiary/aromatic N) is 3. The van der Waals surface area contributed by atoms with Gasteiger partial charge in [-0.15, -0.1) is 0 Å². The van der Waals surface area contributed by atoms with Crippen molar-refractivity contribution in [1.82, 2.24) is 0 Å². The molecule has 1 saturated heterocycles. The molecule has 0 aliphatic carbocycles. The van der Waals surface area contributed by atoms with Gasteiger partial charge in [-0.25, -0.2) is 4.79 Å². The van der Waals surface area contributed by atoms with Crippen LogP contribution in [-0.2, 0) is 34.2 Å². The summed E-state index contributed by atoms with van der Waals surface area (Å²) in [4.78, 5) is 17.0. The SMILES string of the molecule is COCOc1ccc(OCCCN=[N+]=[N-])c(CCC[C@H]2OC(C)(C)O[C@@H]2C(/C=C\[C@H](C)[C@H](C)O[Si](c2ccccc2)(c2ccccc2)C(C)(C)C)O[Si](C)(C)C(C)(C)C)c1C(=O)OCC[Si](C)(C)C. The maximum Gasteiger partial charge on any atom is 0.342 e. The maximum absolute atomic E-state index is 14.1. The highest BCUT2D eigenvalue weighted by atomic mass is 28.4. The van der Waals surface area contributed by atoms with Gasteiger partial charge >= 0.3 is 5.97 Å². The van der Waals surface area contributed by atoms with Gasteiger partial charge in [-0.2, -0.15) is 0 Å². The average molecular weight is 1000 g/mol. The first-order chi connectivity index (χ1) is 32.3. The lowest BCUT2D eigenvalue weighted by Gasteiger charge is -2.45. The highest BCUT2D eigenvalue weighted by Gasteiger charge is 2.52. The van der Waals surface area contributed by atoms with Gasteiger partial charge in [-0.3, -0.25) is 0 Å². The molecule has 0 spiro atoms. The third-order valence-corrected chi connectivity index (χ3v) is 24.7. The van der Waals surface area contributed by atoms with E-state index in [9.17, 15) is 4.79 Å². The molecule has 1 aliphatic rings. The fourth-order valence-electron chi connectivity index (χ4n) is 8.44. The standard InChI is InChI=1S/C54H85N3O9Si3/c1-40(41(2)65-69(53(6,7)8,42-25-19-17-20-26-42)43-27-21-18-22-28-43)31-32-48(66-68(15,16)52(3,4)5)50-47(63-54(9,10)64-50)30-23-29-44-45(60-36-24-35-56-57-55)33-34-46(62-39-59-11)49(44)51(58)61-37-38-67(12,13)14/h17-22,25-28,31-34,40-41,47-48,50H,23-24,29-30,35-39H2,1-16H3/b32-31-/t40-,41-,47+,48?,50-/m0/s1. The van der Waals surface area contributed by atoms with Crippen molar-refractivity contribution in [2.45, 2.75) is 174 Å². The van der Waals surface area contributed by atoms with Crippen molar-refractivity contribution in [1.29, 1.82) is 0 Å². The molecule has 1 unspecified atom stereocenters. The molecule has 3 aromatic carbocycles. The number of methoxy groups -OCH3 is 1. The van der Waals surface area contributed by atoms with Gasteiger partial charge in [0.2, 0.25) is 0 Å². The van der Waals surface area contributed by atoms with E-state index < -0.39 is 48.7 Å². The Kier molecular flexibility index (Phi) is 21.0. The number of esters is 1. The molecule has 0 radical (unpaired) electrons. The van der Waals surface area contributed by atoms with Crippen LogP contribution in [0.3, 0.4) is 0 Å². The summed E-state index contributed by atoms with van der Waals surface area (Å²) in [5, 5.41) is 5.93. The van der Waals surface area contributed by atoms with Gasteiger partial charge < -0.3 is 37.3 Å². The van der Waals surface area contributed by atoms with Crippen molar-refractivity contribution in [3.63, 3.8) is 0 Å². The van der Waals surface area contributed by atoms with Crippen LogP contribution in [0.25, 0.3) is 10.4 Å². The second-order valence-electron chi connectivity index (χ2n) is 22.7. The zero-order valence-electron chi connectivity index (χ0n) is 44.8. The van der Waals surface area contributed by atoms with Crippen LogP contribution in [0.15, 0.2) is 90.1 Å². The lowest BCUT2D eigenvalue weighted by atomic mass is 9.96. The molecule has 1 heterocycles. The van der Waals surface area contributed by atoms with Crippen molar-refractivity contribution < 1.29 is 42.1 Å². The first-order valence-corrected chi connectivity index (χ1v) is 33.4. The average Bonchev–Trinajstić information content (AvgIpc) is 3.58. The van der Waals surface area contributed by atoms with Gasteiger partial charge in [0.25, 0.3) is 8.32 Å². The Morgan fingerprint density at radius 2 is 1.42 bits per heavy atom. The third-order valence-electron chi connectivity index (χ3n) is 13.4. The van der Waals surface area contributed by atoms with E-state index in [0.29, 0.717) is 68.1 Å². The van der Waals surface area contributed by atoms with E-state index >= 15 is 0 Å². The zero-order chi connectivity index (χ0) is 51.3. The Bertz CT molecular complexity index is 2110. The Labute approximate surface area is 418 Å². The van der Waals surface area contributed by atoms with Gasteiger partial charge in [-0.1, -0.05) is 146 Å². The zero-order valence-corrected chi connectivity index (χ0v) is 47.8. The second-order valence-corrected chi connectivity index (χ2v) is 37.3. The fourth-order valence-corrected chi connectivity index (χ4v) is 15.2. The number of carbonyl (C=O) groups is 1. The topological polar surface area (TPSA) is 140 Å². The van der Waals surface area contributed by atoms with E-state index in [2.05, 4.69) is 171 Å². The molecule has 0 saturated carbocycles. The number of ether oxygens (including phenoxy) is 6. The Morgan fingerprint density at radius 3 is 1.97 bits per heavy atom. The minimum Gasteiger partial charge on any atom is -0.493 e. The summed E-state index contributed by atoms with van der Waals surface area (Å²) in [5.74, 6) is -0.413. The van der Waals surface area contributed by atoms with E-state index in [1.54, 1.807) is 13.2 Å². The van der Waals surface area contributed by atoms with Crippen LogP contribution >= 0.6 is 0 Å². The Morgan fingerprint density at radius 1 is 0.812 bits per heavy atom. The predicted octanol–water partition coefficient (Wildman–Crippen LogP) is 12.6. The molecule has 1 aliphatic heterocycles. The monoisotopic (exact) mass is 1000 g/mol. The van der Waals surface area contributed by atoms with Gasteiger partial charge in [-0.05, 0) is 110 Å². The Balaban J connectivity index is 1.70. The number of rotatable bonds is 26. The second kappa shape index (κ2) is 25.1. The van der Waals surface area contributed by atoms with Crippen molar-refractivity contribution in [2.24, 2.45) is 11.0 Å². The first kappa shape index (κ1) is 57.8. The number of hydrogen-bond acceptors (Lipinski definition) is 10. The minimum atomic E-state index is -2.82. The van der Waals surface area contributed by atoms with Crippen LogP contribution in [0.5, 0.6) is 11.5 Å². The summed E-state index contributed by atoms with van der Waals surface area (Å²) in [7, 11) is -5.13. The summed E-state index contributed by atoms with van der Waals surface area (Å²) in [5.41, 5.74) is 9.83. The van der Waals surface area contributed by atoms with Crippen LogP contribution in [0.2, 0.25) is 48.9 Å². The number of hydrogen-bond donors (Lipinski definition) is 0. The lowest BCUT2D eigenvalue weighted by Crippen LogP contribution is -2.67. The highest BCUT2D eigenvalue weighted by molar-refractivity contribution is 6.99. The molecule has 12 nitrogen and oxygen atoms in total. The molecule has 69 heavy (non-hydrogen) atoms.